The van der Waals surface area contributed by atoms with Crippen molar-refractivity contribution in [1.82, 2.24) is 10.2 Å². The highest BCUT2D eigenvalue weighted by molar-refractivity contribution is 5.96. The van der Waals surface area contributed by atoms with Crippen molar-refractivity contribution in [1.29, 1.82) is 0 Å². The molecule has 3 aliphatic heterocycles. The van der Waals surface area contributed by atoms with Crippen molar-refractivity contribution in [3.05, 3.63) is 35.4 Å². The van der Waals surface area contributed by atoms with E-state index in [-0.39, 0.29) is 18.3 Å². The summed E-state index contributed by atoms with van der Waals surface area (Å²) in [4.78, 5) is 15.0. The fourth-order valence-corrected chi connectivity index (χ4v) is 4.13. The second-order valence-corrected chi connectivity index (χ2v) is 6.99. The Morgan fingerprint density at radius 2 is 1.96 bits per heavy atom. The van der Waals surface area contributed by atoms with Crippen LogP contribution in [0.5, 0.6) is 0 Å². The van der Waals surface area contributed by atoms with Gasteiger partial charge in [0.25, 0.3) is 5.91 Å². The van der Waals surface area contributed by atoms with Gasteiger partial charge in [0.2, 0.25) is 0 Å². The topological polar surface area (TPSA) is 41.6 Å². The summed E-state index contributed by atoms with van der Waals surface area (Å²) in [5.41, 5.74) is 2.13. The number of nitrogens with zero attached hydrogens (tertiary/aromatic N) is 1. The summed E-state index contributed by atoms with van der Waals surface area (Å²) in [7, 11) is 0. The van der Waals surface area contributed by atoms with Crippen LogP contribution in [0.2, 0.25) is 0 Å². The molecule has 1 amide bonds. The quantitative estimate of drug-likeness (QED) is 0.917. The number of carbonyl (C=O) groups is 1. The van der Waals surface area contributed by atoms with Crippen molar-refractivity contribution in [3.8, 4) is 0 Å². The first-order valence-electron chi connectivity index (χ1n) is 8.47. The number of amides is 1. The van der Waals surface area contributed by atoms with Gasteiger partial charge in [-0.25, -0.2) is 0 Å². The predicted octanol–water partition coefficient (Wildman–Crippen LogP) is 1.98. The van der Waals surface area contributed by atoms with Crippen LogP contribution in [0.1, 0.15) is 22.3 Å². The first-order valence-corrected chi connectivity index (χ1v) is 8.47. The van der Waals surface area contributed by atoms with Crippen molar-refractivity contribution in [2.75, 3.05) is 39.4 Å². The Morgan fingerprint density at radius 3 is 2.65 bits per heavy atom. The molecule has 4 rings (SSSR count). The number of ether oxygens (including phenoxy) is 1. The van der Waals surface area contributed by atoms with E-state index >= 15 is 0 Å². The fraction of sp³-hybridized carbons (Fsp3) is 0.611. The number of rotatable bonds is 3. The summed E-state index contributed by atoms with van der Waals surface area (Å²) in [5, 5.41) is 3.41. The van der Waals surface area contributed by atoms with Crippen LogP contribution in [0, 0.1) is 17.8 Å². The Kier molecular flexibility index (Phi) is 5.24. The standard InChI is InChI=1S/C18H24N2O2.ClH/c21-18(20-9-15-11-22-12-16(15)10-20)17-4-2-1-3-14(17)7-13-5-6-19-8-13;/h1-4,13,15-16,19H,5-12H2;1H/t13?,15-,16+;. The molecule has 3 saturated heterocycles. The average Bonchev–Trinajstić information content (AvgIpc) is 3.23. The second-order valence-electron chi connectivity index (χ2n) is 6.99. The number of carbonyl (C=O) groups excluding carboxylic acids is 1. The van der Waals surface area contributed by atoms with E-state index in [1.807, 2.05) is 17.0 Å². The Hall–Kier alpha value is -1.10. The largest absolute Gasteiger partial charge is 0.381 e. The highest BCUT2D eigenvalue weighted by Gasteiger charge is 2.39. The molecular formula is C18H25ClN2O2. The number of halogens is 1. The van der Waals surface area contributed by atoms with Crippen molar-refractivity contribution < 1.29 is 9.53 Å². The lowest BCUT2D eigenvalue weighted by Gasteiger charge is -2.20. The Morgan fingerprint density at radius 1 is 1.22 bits per heavy atom. The third-order valence-electron chi connectivity index (χ3n) is 5.45. The van der Waals surface area contributed by atoms with Gasteiger partial charge in [-0.3, -0.25) is 4.79 Å². The minimum Gasteiger partial charge on any atom is -0.381 e. The normalized spacial score (nSPS) is 29.4. The molecule has 1 aromatic rings. The molecule has 0 bridgehead atoms. The number of benzene rings is 1. The molecule has 126 valence electrons. The number of likely N-dealkylation sites (tertiary alicyclic amines) is 1. The van der Waals surface area contributed by atoms with Gasteiger partial charge in [-0.2, -0.15) is 0 Å². The molecule has 0 radical (unpaired) electrons. The van der Waals surface area contributed by atoms with Gasteiger partial charge in [0, 0.05) is 30.5 Å². The summed E-state index contributed by atoms with van der Waals surface area (Å²) in [6.45, 7) is 5.56. The molecule has 0 spiro atoms. The minimum atomic E-state index is 0. The Labute approximate surface area is 144 Å². The summed E-state index contributed by atoms with van der Waals surface area (Å²) >= 11 is 0. The van der Waals surface area contributed by atoms with E-state index in [1.54, 1.807) is 0 Å². The first kappa shape index (κ1) is 16.7. The predicted molar refractivity (Wildman–Crippen MR) is 92.1 cm³/mol. The molecule has 3 atom stereocenters. The molecule has 4 nitrogen and oxygen atoms in total. The smallest absolute Gasteiger partial charge is 0.254 e. The first-order chi connectivity index (χ1) is 10.8. The van der Waals surface area contributed by atoms with Crippen LogP contribution in [-0.2, 0) is 11.2 Å². The van der Waals surface area contributed by atoms with E-state index in [0.717, 1.165) is 51.4 Å². The van der Waals surface area contributed by atoms with Gasteiger partial charge in [-0.05, 0) is 43.5 Å². The number of hydrogen-bond acceptors (Lipinski definition) is 3. The number of hydrogen-bond donors (Lipinski definition) is 1. The molecule has 1 N–H and O–H groups in total. The van der Waals surface area contributed by atoms with E-state index in [0.29, 0.717) is 17.8 Å². The molecule has 0 saturated carbocycles. The maximum absolute atomic E-state index is 12.9. The van der Waals surface area contributed by atoms with E-state index in [2.05, 4.69) is 17.4 Å². The van der Waals surface area contributed by atoms with Crippen LogP contribution in [-0.4, -0.2) is 50.2 Å². The van der Waals surface area contributed by atoms with Gasteiger partial charge in [0.15, 0.2) is 0 Å². The molecule has 3 fully saturated rings. The summed E-state index contributed by atoms with van der Waals surface area (Å²) < 4.78 is 5.51. The lowest BCUT2D eigenvalue weighted by atomic mass is 9.94. The van der Waals surface area contributed by atoms with E-state index < -0.39 is 0 Å². The summed E-state index contributed by atoms with van der Waals surface area (Å²) in [5.74, 6) is 1.99. The van der Waals surface area contributed by atoms with E-state index in [9.17, 15) is 4.79 Å². The number of nitrogens with one attached hydrogen (secondary N) is 1. The zero-order valence-electron chi connectivity index (χ0n) is 13.4. The van der Waals surface area contributed by atoms with Crippen molar-refractivity contribution >= 4 is 18.3 Å². The van der Waals surface area contributed by atoms with Gasteiger partial charge >= 0.3 is 0 Å². The second kappa shape index (κ2) is 7.20. The van der Waals surface area contributed by atoms with Crippen LogP contribution in [0.25, 0.3) is 0 Å². The molecule has 1 unspecified atom stereocenters. The highest BCUT2D eigenvalue weighted by Crippen LogP contribution is 2.30. The summed E-state index contributed by atoms with van der Waals surface area (Å²) in [6, 6.07) is 8.18. The van der Waals surface area contributed by atoms with Crippen LogP contribution in [0.15, 0.2) is 24.3 Å². The van der Waals surface area contributed by atoms with Crippen LogP contribution in [0.3, 0.4) is 0 Å². The van der Waals surface area contributed by atoms with Gasteiger partial charge in [0.1, 0.15) is 0 Å². The lowest BCUT2D eigenvalue weighted by molar-refractivity contribution is 0.0750. The van der Waals surface area contributed by atoms with Crippen molar-refractivity contribution in [3.63, 3.8) is 0 Å². The zero-order chi connectivity index (χ0) is 14.9. The fourth-order valence-electron chi connectivity index (χ4n) is 4.13. The Balaban J connectivity index is 0.00000156. The molecular weight excluding hydrogens is 312 g/mol. The third kappa shape index (κ3) is 3.39. The molecule has 3 aliphatic rings. The average molecular weight is 337 g/mol. The molecule has 5 heteroatoms. The van der Waals surface area contributed by atoms with Crippen molar-refractivity contribution in [2.24, 2.45) is 17.8 Å². The lowest BCUT2D eigenvalue weighted by Crippen LogP contribution is -2.31. The summed E-state index contributed by atoms with van der Waals surface area (Å²) in [6.07, 6.45) is 2.23. The van der Waals surface area contributed by atoms with Gasteiger partial charge < -0.3 is 15.0 Å². The number of fused-ring (bicyclic) bond motifs is 1. The van der Waals surface area contributed by atoms with Gasteiger partial charge in [0.05, 0.1) is 13.2 Å². The van der Waals surface area contributed by atoms with Crippen LogP contribution >= 0.6 is 12.4 Å². The van der Waals surface area contributed by atoms with Crippen molar-refractivity contribution in [2.45, 2.75) is 12.8 Å². The molecule has 0 aliphatic carbocycles. The van der Waals surface area contributed by atoms with Crippen LogP contribution < -0.4 is 5.32 Å². The maximum Gasteiger partial charge on any atom is 0.254 e. The monoisotopic (exact) mass is 336 g/mol. The highest BCUT2D eigenvalue weighted by atomic mass is 35.5. The van der Waals surface area contributed by atoms with E-state index in [4.69, 9.17) is 4.74 Å². The molecule has 1 aromatic carbocycles. The third-order valence-corrected chi connectivity index (χ3v) is 5.45. The Bertz CT molecular complexity index is 548. The van der Waals surface area contributed by atoms with Gasteiger partial charge in [-0.15, -0.1) is 12.4 Å². The van der Waals surface area contributed by atoms with Crippen LogP contribution in [0.4, 0.5) is 0 Å². The minimum absolute atomic E-state index is 0. The van der Waals surface area contributed by atoms with Gasteiger partial charge in [-0.1, -0.05) is 18.2 Å². The molecule has 3 heterocycles. The molecule has 0 aromatic heterocycles. The maximum atomic E-state index is 12.9. The molecule has 23 heavy (non-hydrogen) atoms. The SMILES string of the molecule is Cl.O=C(c1ccccc1CC1CCNC1)N1C[C@H]2COC[C@H]2C1. The zero-order valence-corrected chi connectivity index (χ0v) is 14.2. The van der Waals surface area contributed by atoms with E-state index in [1.165, 1.54) is 12.0 Å².